The molecule has 0 aliphatic rings. The predicted molar refractivity (Wildman–Crippen MR) is 179 cm³/mol. The van der Waals surface area contributed by atoms with Crippen LogP contribution in [0.2, 0.25) is 0 Å². The van der Waals surface area contributed by atoms with Gasteiger partial charge in [-0.25, -0.2) is 0 Å². The summed E-state index contributed by atoms with van der Waals surface area (Å²) in [5.41, 5.74) is 11.2. The molecule has 0 aliphatic heterocycles. The van der Waals surface area contributed by atoms with Crippen molar-refractivity contribution in [1.29, 1.82) is 0 Å². The van der Waals surface area contributed by atoms with E-state index in [1.54, 1.807) is 0 Å². The van der Waals surface area contributed by atoms with Crippen molar-refractivity contribution < 1.29 is 0 Å². The van der Waals surface area contributed by atoms with E-state index in [4.69, 9.17) is 0 Å². The largest absolute Gasteiger partial charge is 0.309 e. The van der Waals surface area contributed by atoms with Crippen LogP contribution in [0.3, 0.4) is 0 Å². The van der Waals surface area contributed by atoms with Gasteiger partial charge in [0.25, 0.3) is 0 Å². The molecule has 0 saturated carbocycles. The van der Waals surface area contributed by atoms with Gasteiger partial charge >= 0.3 is 0 Å². The van der Waals surface area contributed by atoms with Crippen molar-refractivity contribution in [3.05, 3.63) is 145 Å². The zero-order valence-corrected chi connectivity index (χ0v) is 24.2. The molecule has 2 heterocycles. The maximum atomic E-state index is 2.44. The third kappa shape index (κ3) is 3.72. The molecule has 0 N–H and O–H groups in total. The first kappa shape index (κ1) is 24.7. The maximum absolute atomic E-state index is 2.44. The average molecular weight is 541 g/mol. The van der Waals surface area contributed by atoms with Crippen molar-refractivity contribution >= 4 is 43.6 Å². The minimum Gasteiger partial charge on any atom is -0.309 e. The van der Waals surface area contributed by atoms with Crippen LogP contribution >= 0.6 is 0 Å². The minimum absolute atomic E-state index is 0.150. The summed E-state index contributed by atoms with van der Waals surface area (Å²) >= 11 is 0. The van der Waals surface area contributed by atoms with Gasteiger partial charge in [0.1, 0.15) is 0 Å². The van der Waals surface area contributed by atoms with Crippen LogP contribution < -0.4 is 0 Å². The molecule has 2 nitrogen and oxygen atoms in total. The second-order valence-electron chi connectivity index (χ2n) is 12.3. The topological polar surface area (TPSA) is 9.86 Å². The Morgan fingerprint density at radius 2 is 0.881 bits per heavy atom. The van der Waals surface area contributed by atoms with Crippen LogP contribution in [0.15, 0.2) is 140 Å². The summed E-state index contributed by atoms with van der Waals surface area (Å²) in [7, 11) is 0. The molecule has 6 aromatic carbocycles. The molecule has 0 fully saturated rings. The summed E-state index contributed by atoms with van der Waals surface area (Å²) in [6.45, 7) is 6.78. The molecule has 42 heavy (non-hydrogen) atoms. The second-order valence-corrected chi connectivity index (χ2v) is 12.3. The summed E-state index contributed by atoms with van der Waals surface area (Å²) in [4.78, 5) is 0. The highest BCUT2D eigenvalue weighted by molar-refractivity contribution is 6.16. The normalized spacial score (nSPS) is 12.2. The van der Waals surface area contributed by atoms with Gasteiger partial charge in [0.15, 0.2) is 0 Å². The molecule has 0 saturated heterocycles. The molecule has 0 bridgehead atoms. The van der Waals surface area contributed by atoms with Gasteiger partial charge in [0.05, 0.1) is 27.8 Å². The van der Waals surface area contributed by atoms with E-state index in [1.807, 2.05) is 0 Å². The van der Waals surface area contributed by atoms with Crippen molar-refractivity contribution in [2.75, 3.05) is 0 Å². The molecule has 0 aliphatic carbocycles. The van der Waals surface area contributed by atoms with Crippen LogP contribution in [0.5, 0.6) is 0 Å². The molecule has 8 aromatic rings. The van der Waals surface area contributed by atoms with Crippen LogP contribution in [0.25, 0.3) is 66.1 Å². The molecule has 2 aromatic heterocycles. The van der Waals surface area contributed by atoms with Crippen LogP contribution in [-0.2, 0) is 5.41 Å². The lowest BCUT2D eigenvalue weighted by atomic mass is 9.86. The molecule has 2 heteroatoms. The molecular weight excluding hydrogens is 508 g/mol. The number of fused-ring (bicyclic) bond motifs is 6. The number of benzene rings is 6. The molecule has 0 amide bonds. The quantitative estimate of drug-likeness (QED) is 0.211. The van der Waals surface area contributed by atoms with Crippen molar-refractivity contribution in [3.8, 4) is 22.5 Å². The van der Waals surface area contributed by atoms with E-state index in [1.165, 1.54) is 66.0 Å². The molecule has 0 radical (unpaired) electrons. The lowest BCUT2D eigenvalue weighted by molar-refractivity contribution is 0.590. The Labute approximate surface area is 246 Å². The highest BCUT2D eigenvalue weighted by Crippen LogP contribution is 2.40. The summed E-state index contributed by atoms with van der Waals surface area (Å²) < 4.78 is 4.85. The Kier molecular flexibility index (Phi) is 5.42. The number of para-hydroxylation sites is 3. The van der Waals surface area contributed by atoms with Gasteiger partial charge in [-0.2, -0.15) is 0 Å². The number of rotatable bonds is 3. The molecule has 202 valence electrons. The van der Waals surface area contributed by atoms with E-state index in [9.17, 15) is 0 Å². The van der Waals surface area contributed by atoms with Crippen molar-refractivity contribution in [3.63, 3.8) is 0 Å². The van der Waals surface area contributed by atoms with Crippen LogP contribution in [0, 0.1) is 0 Å². The van der Waals surface area contributed by atoms with Crippen LogP contribution in [0.1, 0.15) is 26.3 Å². The van der Waals surface area contributed by atoms with Crippen molar-refractivity contribution in [2.45, 2.75) is 26.2 Å². The van der Waals surface area contributed by atoms with Gasteiger partial charge in [-0.3, -0.25) is 0 Å². The van der Waals surface area contributed by atoms with E-state index < -0.39 is 0 Å². The standard InChI is InChI=1S/C40H32N2/c1-40(2,3)29-23-19-27(20-24-29)28-21-25-30(26-22-28)41-36-16-9-6-13-33(36)39-37(41)17-10-18-38(39)42-34-14-7-4-11-31(34)32-12-5-8-15-35(32)42/h4-26H,1-3H3. The Bertz CT molecular complexity index is 2200. The Hall–Kier alpha value is -5.08. The fourth-order valence-corrected chi connectivity index (χ4v) is 6.61. The zero-order valence-electron chi connectivity index (χ0n) is 24.2. The molecule has 0 spiro atoms. The third-order valence-corrected chi connectivity index (χ3v) is 8.71. The summed E-state index contributed by atoms with van der Waals surface area (Å²) in [6, 6.07) is 51.0. The van der Waals surface area contributed by atoms with Gasteiger partial charge in [-0.05, 0) is 64.6 Å². The van der Waals surface area contributed by atoms with Gasteiger partial charge in [0.2, 0.25) is 0 Å². The van der Waals surface area contributed by atoms with Gasteiger partial charge in [-0.1, -0.05) is 118 Å². The first-order valence-electron chi connectivity index (χ1n) is 14.7. The van der Waals surface area contributed by atoms with Crippen molar-refractivity contribution in [2.24, 2.45) is 0 Å². The molecule has 0 unspecified atom stereocenters. The number of nitrogens with zero attached hydrogens (tertiary/aromatic N) is 2. The fourth-order valence-electron chi connectivity index (χ4n) is 6.61. The first-order valence-corrected chi connectivity index (χ1v) is 14.7. The highest BCUT2D eigenvalue weighted by Gasteiger charge is 2.19. The molecule has 8 rings (SSSR count). The SMILES string of the molecule is CC(C)(C)c1ccc(-c2ccc(-n3c4ccccc4c4c(-n5c6ccccc6c6ccccc65)cccc43)cc2)cc1. The van der Waals surface area contributed by atoms with Gasteiger partial charge < -0.3 is 9.13 Å². The van der Waals surface area contributed by atoms with E-state index in [0.717, 1.165) is 5.69 Å². The van der Waals surface area contributed by atoms with Crippen LogP contribution in [0.4, 0.5) is 0 Å². The lowest BCUT2D eigenvalue weighted by Gasteiger charge is -2.19. The minimum atomic E-state index is 0.150. The summed E-state index contributed by atoms with van der Waals surface area (Å²) in [5.74, 6) is 0. The zero-order chi connectivity index (χ0) is 28.4. The van der Waals surface area contributed by atoms with E-state index in [2.05, 4.69) is 169 Å². The van der Waals surface area contributed by atoms with Crippen molar-refractivity contribution in [1.82, 2.24) is 9.13 Å². The highest BCUT2D eigenvalue weighted by atomic mass is 15.0. The van der Waals surface area contributed by atoms with Crippen LogP contribution in [-0.4, -0.2) is 9.13 Å². The van der Waals surface area contributed by atoms with E-state index in [-0.39, 0.29) is 5.41 Å². The second kappa shape index (κ2) is 9.22. The fraction of sp³-hybridized carbons (Fsp3) is 0.100. The maximum Gasteiger partial charge on any atom is 0.0562 e. The number of hydrogen-bond acceptors (Lipinski definition) is 0. The monoisotopic (exact) mass is 540 g/mol. The molecule has 0 atom stereocenters. The Balaban J connectivity index is 1.33. The van der Waals surface area contributed by atoms with E-state index in [0.29, 0.717) is 0 Å². The predicted octanol–water partition coefficient (Wildman–Crippen LogP) is 10.8. The lowest BCUT2D eigenvalue weighted by Crippen LogP contribution is -2.10. The smallest absolute Gasteiger partial charge is 0.0562 e. The van der Waals surface area contributed by atoms with Gasteiger partial charge in [-0.15, -0.1) is 0 Å². The third-order valence-electron chi connectivity index (χ3n) is 8.71. The Morgan fingerprint density at radius 3 is 1.45 bits per heavy atom. The van der Waals surface area contributed by atoms with E-state index >= 15 is 0 Å². The first-order chi connectivity index (χ1) is 20.5. The number of aromatic nitrogens is 2. The Morgan fingerprint density at radius 1 is 0.405 bits per heavy atom. The number of hydrogen-bond donors (Lipinski definition) is 0. The molecular formula is C40H32N2. The summed E-state index contributed by atoms with van der Waals surface area (Å²) in [5, 5.41) is 5.08. The average Bonchev–Trinajstić information content (AvgIpc) is 3.54. The summed E-state index contributed by atoms with van der Waals surface area (Å²) in [6.07, 6.45) is 0. The van der Waals surface area contributed by atoms with Gasteiger partial charge in [0, 0.05) is 27.2 Å².